The second-order valence-corrected chi connectivity index (χ2v) is 7.67. The summed E-state index contributed by atoms with van der Waals surface area (Å²) < 4.78 is 0. The van der Waals surface area contributed by atoms with Crippen molar-refractivity contribution in [3.8, 4) is 0 Å². The number of aromatic nitrogens is 2. The maximum absolute atomic E-state index is 12.4. The van der Waals surface area contributed by atoms with Crippen LogP contribution in [0.1, 0.15) is 32.9 Å². The average molecular weight is 409 g/mol. The smallest absolute Gasteiger partial charge is 0.314 e. The first-order valence-electron chi connectivity index (χ1n) is 9.14. The van der Waals surface area contributed by atoms with E-state index in [1.165, 1.54) is 4.90 Å². The maximum atomic E-state index is 12.4. The summed E-state index contributed by atoms with van der Waals surface area (Å²) in [5.74, 6) is -0.151. The van der Waals surface area contributed by atoms with Gasteiger partial charge in [0.25, 0.3) is 5.91 Å². The Bertz CT molecular complexity index is 1030. The fourth-order valence-corrected chi connectivity index (χ4v) is 3.82. The summed E-state index contributed by atoms with van der Waals surface area (Å²) in [5.41, 5.74) is 1.93. The van der Waals surface area contributed by atoms with Crippen LogP contribution in [0, 0.1) is 0 Å². The molecule has 3 heterocycles. The molecule has 9 heteroatoms. The number of thiophene rings is 1. The quantitative estimate of drug-likeness (QED) is 0.602. The van der Waals surface area contributed by atoms with Crippen molar-refractivity contribution in [1.82, 2.24) is 20.4 Å². The molecule has 0 saturated heterocycles. The summed E-state index contributed by atoms with van der Waals surface area (Å²) in [4.78, 5) is 39.5. The summed E-state index contributed by atoms with van der Waals surface area (Å²) in [6.45, 7) is 0.557. The number of H-pyrrole nitrogens is 1. The predicted octanol–water partition coefficient (Wildman–Crippen LogP) is 2.91. The molecule has 3 aromatic rings. The van der Waals surface area contributed by atoms with E-state index in [1.807, 2.05) is 17.5 Å². The van der Waals surface area contributed by atoms with E-state index in [9.17, 15) is 14.4 Å². The SMILES string of the molecule is O=C(CCc1cccs1)Nc1n[nH]c2c1CN(C(=O)NC(=O)c1ccccc1)C2. The van der Waals surface area contributed by atoms with Crippen LogP contribution in [0.3, 0.4) is 0 Å². The molecule has 4 amide bonds. The standard InChI is InChI=1S/C20H19N5O3S/c26-17(9-8-14-7-4-10-29-14)21-18-15-11-25(12-16(15)23-24-18)20(28)22-19(27)13-5-2-1-3-6-13/h1-7,10H,8-9,11-12H2,(H,22,27,28)(H2,21,23,24,26). The number of hydrogen-bond donors (Lipinski definition) is 3. The zero-order valence-electron chi connectivity index (χ0n) is 15.5. The summed E-state index contributed by atoms with van der Waals surface area (Å²) in [6.07, 6.45) is 1.03. The van der Waals surface area contributed by atoms with E-state index in [2.05, 4.69) is 20.8 Å². The number of benzene rings is 1. The molecular formula is C20H19N5O3S. The third-order valence-corrected chi connectivity index (χ3v) is 5.57. The third-order valence-electron chi connectivity index (χ3n) is 4.63. The lowest BCUT2D eigenvalue weighted by molar-refractivity contribution is -0.116. The molecule has 8 nitrogen and oxygen atoms in total. The van der Waals surface area contributed by atoms with E-state index in [0.717, 1.165) is 16.1 Å². The van der Waals surface area contributed by atoms with E-state index in [1.54, 1.807) is 41.7 Å². The molecule has 2 aromatic heterocycles. The van der Waals surface area contributed by atoms with E-state index in [-0.39, 0.29) is 12.5 Å². The fraction of sp³-hybridized carbons (Fsp3) is 0.200. The van der Waals surface area contributed by atoms with Crippen LogP contribution in [0.25, 0.3) is 0 Å². The summed E-state index contributed by atoms with van der Waals surface area (Å²) in [7, 11) is 0. The van der Waals surface area contributed by atoms with E-state index < -0.39 is 11.9 Å². The van der Waals surface area contributed by atoms with Crippen LogP contribution in [-0.4, -0.2) is 32.9 Å². The lowest BCUT2D eigenvalue weighted by Gasteiger charge is -2.16. The number of carbonyl (C=O) groups is 3. The average Bonchev–Trinajstić information content (AvgIpc) is 3.46. The lowest BCUT2D eigenvalue weighted by atomic mass is 10.2. The molecule has 0 bridgehead atoms. The van der Waals surface area contributed by atoms with Gasteiger partial charge in [-0.25, -0.2) is 4.79 Å². The number of aromatic amines is 1. The highest BCUT2D eigenvalue weighted by molar-refractivity contribution is 7.09. The number of amides is 4. The molecular weight excluding hydrogens is 390 g/mol. The van der Waals surface area contributed by atoms with Gasteiger partial charge in [0.1, 0.15) is 0 Å². The van der Waals surface area contributed by atoms with Gasteiger partial charge >= 0.3 is 6.03 Å². The monoisotopic (exact) mass is 409 g/mol. The molecule has 1 aliphatic rings. The molecule has 0 unspecified atom stereocenters. The number of carbonyl (C=O) groups excluding carboxylic acids is 3. The van der Waals surface area contributed by atoms with Crippen molar-refractivity contribution in [3.05, 3.63) is 69.5 Å². The van der Waals surface area contributed by atoms with Gasteiger partial charge in [-0.2, -0.15) is 5.10 Å². The van der Waals surface area contributed by atoms with Crippen LogP contribution < -0.4 is 10.6 Å². The van der Waals surface area contributed by atoms with E-state index in [0.29, 0.717) is 30.8 Å². The van der Waals surface area contributed by atoms with Gasteiger partial charge < -0.3 is 10.2 Å². The van der Waals surface area contributed by atoms with Crippen molar-refractivity contribution in [2.24, 2.45) is 0 Å². The number of nitrogens with one attached hydrogen (secondary N) is 3. The zero-order chi connectivity index (χ0) is 20.2. The van der Waals surface area contributed by atoms with Crippen molar-refractivity contribution in [2.75, 3.05) is 5.32 Å². The largest absolute Gasteiger partial charge is 0.324 e. The van der Waals surface area contributed by atoms with Gasteiger partial charge in [0.15, 0.2) is 5.82 Å². The second-order valence-electron chi connectivity index (χ2n) is 6.64. The number of rotatable bonds is 5. The number of aryl methyl sites for hydroxylation is 1. The third kappa shape index (κ3) is 4.35. The molecule has 0 saturated carbocycles. The lowest BCUT2D eigenvalue weighted by Crippen LogP contribution is -2.40. The number of anilines is 1. The van der Waals surface area contributed by atoms with Gasteiger partial charge in [0.2, 0.25) is 5.91 Å². The number of urea groups is 1. The highest BCUT2D eigenvalue weighted by Gasteiger charge is 2.29. The molecule has 1 aromatic carbocycles. The molecule has 148 valence electrons. The Morgan fingerprint density at radius 2 is 1.93 bits per heavy atom. The number of imide groups is 1. The molecule has 0 atom stereocenters. The molecule has 0 spiro atoms. The number of hydrogen-bond acceptors (Lipinski definition) is 5. The first kappa shape index (κ1) is 18.9. The Labute approximate surface area is 170 Å². The van der Waals surface area contributed by atoms with Crippen LogP contribution in [0.4, 0.5) is 10.6 Å². The molecule has 1 aliphatic heterocycles. The maximum Gasteiger partial charge on any atom is 0.324 e. The highest BCUT2D eigenvalue weighted by atomic mass is 32.1. The Hall–Kier alpha value is -3.46. The topological polar surface area (TPSA) is 107 Å². The minimum absolute atomic E-state index is 0.130. The Morgan fingerprint density at radius 1 is 1.10 bits per heavy atom. The van der Waals surface area contributed by atoms with E-state index >= 15 is 0 Å². The Balaban J connectivity index is 1.33. The highest BCUT2D eigenvalue weighted by Crippen LogP contribution is 2.27. The number of fused-ring (bicyclic) bond motifs is 1. The van der Waals surface area contributed by atoms with Crippen molar-refractivity contribution in [1.29, 1.82) is 0 Å². The normalized spacial score (nSPS) is 12.5. The van der Waals surface area contributed by atoms with Gasteiger partial charge in [-0.3, -0.25) is 20.0 Å². The summed E-state index contributed by atoms with van der Waals surface area (Å²) in [6, 6.07) is 12.0. The zero-order valence-corrected chi connectivity index (χ0v) is 16.3. The first-order valence-corrected chi connectivity index (χ1v) is 10.0. The van der Waals surface area contributed by atoms with Gasteiger partial charge in [0, 0.05) is 22.4 Å². The van der Waals surface area contributed by atoms with Crippen molar-refractivity contribution >= 4 is 35.0 Å². The predicted molar refractivity (Wildman–Crippen MR) is 108 cm³/mol. The molecule has 0 aliphatic carbocycles. The van der Waals surface area contributed by atoms with Crippen LogP contribution in [-0.2, 0) is 24.3 Å². The van der Waals surface area contributed by atoms with Gasteiger partial charge in [-0.15, -0.1) is 11.3 Å². The summed E-state index contributed by atoms with van der Waals surface area (Å²) >= 11 is 1.62. The summed E-state index contributed by atoms with van der Waals surface area (Å²) in [5, 5.41) is 14.2. The van der Waals surface area contributed by atoms with E-state index in [4.69, 9.17) is 0 Å². The van der Waals surface area contributed by atoms with Gasteiger partial charge in [0.05, 0.1) is 18.8 Å². The van der Waals surface area contributed by atoms with Crippen molar-refractivity contribution < 1.29 is 14.4 Å². The van der Waals surface area contributed by atoms with Crippen molar-refractivity contribution in [3.63, 3.8) is 0 Å². The minimum atomic E-state index is -0.488. The first-order chi connectivity index (χ1) is 14.1. The van der Waals surface area contributed by atoms with Crippen LogP contribution in [0.2, 0.25) is 0 Å². The van der Waals surface area contributed by atoms with Crippen LogP contribution in [0.15, 0.2) is 47.8 Å². The molecule has 0 radical (unpaired) electrons. The van der Waals surface area contributed by atoms with Crippen LogP contribution >= 0.6 is 11.3 Å². The van der Waals surface area contributed by atoms with Crippen LogP contribution in [0.5, 0.6) is 0 Å². The molecule has 4 rings (SSSR count). The van der Waals surface area contributed by atoms with Crippen molar-refractivity contribution in [2.45, 2.75) is 25.9 Å². The number of nitrogens with zero attached hydrogens (tertiary/aromatic N) is 2. The Kier molecular flexibility index (Phi) is 5.39. The molecule has 29 heavy (non-hydrogen) atoms. The molecule has 0 fully saturated rings. The second kappa shape index (κ2) is 8.27. The Morgan fingerprint density at radius 3 is 2.69 bits per heavy atom. The minimum Gasteiger partial charge on any atom is -0.314 e. The van der Waals surface area contributed by atoms with Gasteiger partial charge in [-0.05, 0) is 30.0 Å². The van der Waals surface area contributed by atoms with Gasteiger partial charge in [-0.1, -0.05) is 24.3 Å². The molecule has 3 N–H and O–H groups in total. The fourth-order valence-electron chi connectivity index (χ4n) is 3.11.